The first-order valence-corrected chi connectivity index (χ1v) is 8.30. The summed E-state index contributed by atoms with van der Waals surface area (Å²) in [5.74, 6) is -0.810. The van der Waals surface area contributed by atoms with Crippen LogP contribution in [0, 0.1) is 12.8 Å². The van der Waals surface area contributed by atoms with Gasteiger partial charge in [-0.15, -0.1) is 12.4 Å². The lowest BCUT2D eigenvalue weighted by Crippen LogP contribution is -2.41. The van der Waals surface area contributed by atoms with Crippen LogP contribution in [0.15, 0.2) is 54.6 Å². The number of nitrogens with zero attached hydrogens (tertiary/aromatic N) is 1. The quantitative estimate of drug-likeness (QED) is 0.814. The Morgan fingerprint density at radius 3 is 2.23 bits per heavy atom. The van der Waals surface area contributed by atoms with Crippen molar-refractivity contribution in [3.8, 4) is 0 Å². The summed E-state index contributed by atoms with van der Waals surface area (Å²) in [6.45, 7) is 3.75. The number of nitrogens with one attached hydrogen (secondary N) is 1. The molecule has 2 amide bonds. The molecule has 2 atom stereocenters. The number of halogens is 1. The Hall–Kier alpha value is -2.37. The maximum absolute atomic E-state index is 12.6. The fourth-order valence-electron chi connectivity index (χ4n) is 2.60. The number of benzene rings is 2. The summed E-state index contributed by atoms with van der Waals surface area (Å²) in [4.78, 5) is 26.1. The van der Waals surface area contributed by atoms with Gasteiger partial charge in [0.25, 0.3) is 0 Å². The summed E-state index contributed by atoms with van der Waals surface area (Å²) in [5, 5.41) is 2.79. The molecule has 2 aromatic carbocycles. The molecule has 0 aromatic heterocycles. The monoisotopic (exact) mass is 375 g/mol. The molecule has 0 saturated heterocycles. The number of rotatable bonds is 6. The molecule has 0 heterocycles. The highest BCUT2D eigenvalue weighted by Crippen LogP contribution is 2.20. The predicted octanol–water partition coefficient (Wildman–Crippen LogP) is 3.15. The van der Waals surface area contributed by atoms with Gasteiger partial charge >= 0.3 is 0 Å². The molecule has 5 nitrogen and oxygen atoms in total. The number of carbonyl (C=O) groups is 2. The van der Waals surface area contributed by atoms with Crippen LogP contribution >= 0.6 is 12.4 Å². The van der Waals surface area contributed by atoms with Crippen molar-refractivity contribution in [1.82, 2.24) is 4.90 Å². The Morgan fingerprint density at radius 2 is 1.65 bits per heavy atom. The van der Waals surface area contributed by atoms with Crippen molar-refractivity contribution in [1.29, 1.82) is 0 Å². The third kappa shape index (κ3) is 5.86. The van der Waals surface area contributed by atoms with Gasteiger partial charge < -0.3 is 16.0 Å². The van der Waals surface area contributed by atoms with E-state index in [0.29, 0.717) is 5.69 Å². The molecule has 2 unspecified atom stereocenters. The number of carbonyl (C=O) groups excluding carboxylic acids is 2. The van der Waals surface area contributed by atoms with Crippen LogP contribution in [0.5, 0.6) is 0 Å². The van der Waals surface area contributed by atoms with Crippen molar-refractivity contribution in [2.75, 3.05) is 18.9 Å². The van der Waals surface area contributed by atoms with E-state index in [1.807, 2.05) is 61.5 Å². The lowest BCUT2D eigenvalue weighted by Gasteiger charge is -2.25. The molecule has 26 heavy (non-hydrogen) atoms. The summed E-state index contributed by atoms with van der Waals surface area (Å²) < 4.78 is 0. The normalized spacial score (nSPS) is 12.5. The maximum Gasteiger partial charge on any atom is 0.243 e. The fraction of sp³-hybridized carbons (Fsp3) is 0.300. The Morgan fingerprint density at radius 1 is 1.08 bits per heavy atom. The van der Waals surface area contributed by atoms with Crippen LogP contribution < -0.4 is 11.1 Å². The van der Waals surface area contributed by atoms with Gasteiger partial charge in [-0.2, -0.15) is 0 Å². The van der Waals surface area contributed by atoms with Crippen molar-refractivity contribution in [2.24, 2.45) is 11.7 Å². The Balaban J connectivity index is 0.00000338. The van der Waals surface area contributed by atoms with Crippen molar-refractivity contribution in [3.63, 3.8) is 0 Å². The smallest absolute Gasteiger partial charge is 0.243 e. The Bertz CT molecular complexity index is 720. The SMILES string of the molecule is Cc1ccc(NC(=O)CN(C)C(=O)C(C)C(N)c2ccccc2)cc1.Cl. The molecule has 0 saturated carbocycles. The van der Waals surface area contributed by atoms with E-state index >= 15 is 0 Å². The number of nitrogens with two attached hydrogens (primary N) is 1. The predicted molar refractivity (Wildman–Crippen MR) is 107 cm³/mol. The van der Waals surface area contributed by atoms with Gasteiger partial charge in [-0.3, -0.25) is 9.59 Å². The van der Waals surface area contributed by atoms with Crippen LogP contribution in [0.2, 0.25) is 0 Å². The zero-order chi connectivity index (χ0) is 18.4. The highest BCUT2D eigenvalue weighted by molar-refractivity contribution is 5.94. The third-order valence-electron chi connectivity index (χ3n) is 4.21. The zero-order valence-electron chi connectivity index (χ0n) is 15.3. The molecular formula is C20H26ClN3O2. The van der Waals surface area contributed by atoms with E-state index in [-0.39, 0.29) is 30.8 Å². The number of anilines is 1. The van der Waals surface area contributed by atoms with Crippen molar-refractivity contribution in [2.45, 2.75) is 19.9 Å². The van der Waals surface area contributed by atoms with Gasteiger partial charge in [0.1, 0.15) is 0 Å². The Kier molecular flexibility index (Phi) is 8.29. The first-order valence-electron chi connectivity index (χ1n) is 8.30. The molecule has 0 bridgehead atoms. The number of amides is 2. The second kappa shape index (κ2) is 9.94. The minimum atomic E-state index is -0.417. The molecule has 140 valence electrons. The molecule has 2 rings (SSSR count). The van der Waals surface area contributed by atoms with E-state index in [4.69, 9.17) is 5.73 Å². The van der Waals surface area contributed by atoms with Gasteiger partial charge in [-0.1, -0.05) is 55.0 Å². The van der Waals surface area contributed by atoms with E-state index in [1.165, 1.54) is 4.90 Å². The van der Waals surface area contributed by atoms with E-state index in [1.54, 1.807) is 14.0 Å². The van der Waals surface area contributed by atoms with E-state index in [9.17, 15) is 9.59 Å². The fourth-order valence-corrected chi connectivity index (χ4v) is 2.60. The standard InChI is InChI=1S/C20H25N3O2.ClH/c1-14-9-11-17(12-10-14)22-18(24)13-23(3)20(25)15(2)19(21)16-7-5-4-6-8-16;/h4-12,15,19H,13,21H2,1-3H3,(H,22,24);1H. The lowest BCUT2D eigenvalue weighted by molar-refractivity contribution is -0.137. The van der Waals surface area contributed by atoms with Gasteiger partial charge in [0.05, 0.1) is 12.5 Å². The largest absolute Gasteiger partial charge is 0.336 e. The second-order valence-corrected chi connectivity index (χ2v) is 6.33. The minimum absolute atomic E-state index is 0. The van der Waals surface area contributed by atoms with E-state index < -0.39 is 12.0 Å². The highest BCUT2D eigenvalue weighted by Gasteiger charge is 2.25. The summed E-state index contributed by atoms with van der Waals surface area (Å²) in [6.07, 6.45) is 0. The third-order valence-corrected chi connectivity index (χ3v) is 4.21. The highest BCUT2D eigenvalue weighted by atomic mass is 35.5. The van der Waals surface area contributed by atoms with Crippen LogP contribution in [-0.4, -0.2) is 30.3 Å². The van der Waals surface area contributed by atoms with Gasteiger partial charge in [-0.25, -0.2) is 0 Å². The van der Waals surface area contributed by atoms with Crippen LogP contribution in [-0.2, 0) is 9.59 Å². The average Bonchev–Trinajstić information content (AvgIpc) is 2.62. The molecule has 0 aliphatic carbocycles. The lowest BCUT2D eigenvalue weighted by atomic mass is 9.94. The van der Waals surface area contributed by atoms with Crippen LogP contribution in [0.25, 0.3) is 0 Å². The number of hydrogen-bond acceptors (Lipinski definition) is 3. The van der Waals surface area contributed by atoms with E-state index in [0.717, 1.165) is 11.1 Å². The van der Waals surface area contributed by atoms with Crippen LogP contribution in [0.3, 0.4) is 0 Å². The van der Waals surface area contributed by atoms with Gasteiger partial charge in [0, 0.05) is 18.8 Å². The van der Waals surface area contributed by atoms with Crippen molar-refractivity contribution >= 4 is 29.9 Å². The summed E-state index contributed by atoms with van der Waals surface area (Å²) in [6, 6.07) is 16.6. The van der Waals surface area contributed by atoms with E-state index in [2.05, 4.69) is 5.32 Å². The summed E-state index contributed by atoms with van der Waals surface area (Å²) in [5.41, 5.74) is 8.93. The van der Waals surface area contributed by atoms with Gasteiger partial charge in [-0.05, 0) is 24.6 Å². The van der Waals surface area contributed by atoms with Crippen LogP contribution in [0.4, 0.5) is 5.69 Å². The second-order valence-electron chi connectivity index (χ2n) is 6.33. The van der Waals surface area contributed by atoms with Gasteiger partial charge in [0.15, 0.2) is 0 Å². The molecule has 6 heteroatoms. The molecule has 0 aliphatic heterocycles. The average molecular weight is 376 g/mol. The van der Waals surface area contributed by atoms with Crippen molar-refractivity contribution < 1.29 is 9.59 Å². The number of likely N-dealkylation sites (N-methyl/N-ethyl adjacent to an activating group) is 1. The number of aryl methyl sites for hydroxylation is 1. The molecule has 0 fully saturated rings. The topological polar surface area (TPSA) is 75.4 Å². The molecule has 0 radical (unpaired) electrons. The molecular weight excluding hydrogens is 350 g/mol. The summed E-state index contributed by atoms with van der Waals surface area (Å²) in [7, 11) is 1.62. The number of hydrogen-bond donors (Lipinski definition) is 2. The van der Waals surface area contributed by atoms with Crippen molar-refractivity contribution in [3.05, 3.63) is 65.7 Å². The summed E-state index contributed by atoms with van der Waals surface area (Å²) >= 11 is 0. The van der Waals surface area contributed by atoms with Gasteiger partial charge in [0.2, 0.25) is 11.8 Å². The first kappa shape index (κ1) is 21.7. The molecule has 2 aromatic rings. The Labute approximate surface area is 161 Å². The minimum Gasteiger partial charge on any atom is -0.336 e. The molecule has 0 spiro atoms. The first-order chi connectivity index (χ1) is 11.9. The zero-order valence-corrected chi connectivity index (χ0v) is 16.1. The molecule has 3 N–H and O–H groups in total. The molecule has 0 aliphatic rings. The maximum atomic E-state index is 12.6. The van der Waals surface area contributed by atoms with Crippen LogP contribution in [0.1, 0.15) is 24.1 Å².